The zero-order valence-electron chi connectivity index (χ0n) is 28.3. The molecule has 0 saturated carbocycles. The van der Waals surface area contributed by atoms with Crippen molar-refractivity contribution in [3.05, 3.63) is 106 Å². The summed E-state index contributed by atoms with van der Waals surface area (Å²) in [6.07, 6.45) is -15.2. The van der Waals surface area contributed by atoms with Crippen LogP contribution in [-0.2, 0) is 24.1 Å². The third kappa shape index (κ3) is 6.31. The SMILES string of the molecule is COc1ccc(-c2ccc(C(=O)O)nc2C)cc1-c1ccc(C(F)(F)F)cc1[C@@H]1CC[C@]2(C)N1C(=O)N[C@]2(C)c1cc(C(F)(F)F)cc(C(F)(F)F)c1. The molecule has 2 aliphatic rings. The lowest BCUT2D eigenvalue weighted by molar-refractivity contribution is -0.143. The van der Waals surface area contributed by atoms with Gasteiger partial charge < -0.3 is 20.1 Å². The molecule has 53 heavy (non-hydrogen) atoms. The van der Waals surface area contributed by atoms with E-state index in [2.05, 4.69) is 10.3 Å². The van der Waals surface area contributed by atoms with E-state index in [4.69, 9.17) is 4.74 Å². The van der Waals surface area contributed by atoms with Crippen molar-refractivity contribution in [1.82, 2.24) is 15.2 Å². The molecular formula is C37H30F9N3O4. The fourth-order valence-electron chi connectivity index (χ4n) is 7.53. The van der Waals surface area contributed by atoms with Crippen molar-refractivity contribution in [3.8, 4) is 28.0 Å². The van der Waals surface area contributed by atoms with Crippen LogP contribution in [0.1, 0.15) is 76.7 Å². The van der Waals surface area contributed by atoms with Gasteiger partial charge in [0.25, 0.3) is 0 Å². The monoisotopic (exact) mass is 751 g/mol. The first-order chi connectivity index (χ1) is 24.5. The fourth-order valence-corrected chi connectivity index (χ4v) is 7.53. The predicted molar refractivity (Wildman–Crippen MR) is 173 cm³/mol. The van der Waals surface area contributed by atoms with E-state index >= 15 is 0 Å². The number of nitrogens with one attached hydrogen (secondary N) is 1. The number of ether oxygens (including phenoxy) is 1. The molecule has 2 N–H and O–H groups in total. The molecule has 3 atom stereocenters. The number of fused-ring (bicyclic) bond motifs is 1. The Morgan fingerprint density at radius 1 is 0.830 bits per heavy atom. The first-order valence-corrected chi connectivity index (χ1v) is 16.0. The molecule has 16 heteroatoms. The number of aromatic nitrogens is 1. The molecule has 0 unspecified atom stereocenters. The van der Waals surface area contributed by atoms with E-state index in [0.717, 1.165) is 12.1 Å². The summed E-state index contributed by atoms with van der Waals surface area (Å²) in [5, 5.41) is 11.9. The van der Waals surface area contributed by atoms with E-state index in [1.165, 1.54) is 44.1 Å². The van der Waals surface area contributed by atoms with Gasteiger partial charge >= 0.3 is 30.5 Å². The van der Waals surface area contributed by atoms with Crippen LogP contribution >= 0.6 is 0 Å². The van der Waals surface area contributed by atoms with E-state index < -0.39 is 69.9 Å². The third-order valence-electron chi connectivity index (χ3n) is 10.4. The lowest BCUT2D eigenvalue weighted by Gasteiger charge is -2.42. The highest BCUT2D eigenvalue weighted by atomic mass is 19.4. The Balaban J connectivity index is 1.52. The number of aryl methyl sites for hydroxylation is 1. The van der Waals surface area contributed by atoms with Crippen molar-refractivity contribution in [2.24, 2.45) is 0 Å². The number of benzene rings is 3. The van der Waals surface area contributed by atoms with Crippen LogP contribution < -0.4 is 10.1 Å². The molecule has 2 saturated heterocycles. The van der Waals surface area contributed by atoms with Crippen molar-refractivity contribution in [2.75, 3.05) is 7.11 Å². The van der Waals surface area contributed by atoms with Crippen molar-refractivity contribution < 1.29 is 58.9 Å². The summed E-state index contributed by atoms with van der Waals surface area (Å²) in [5.74, 6) is -1.02. The number of urea groups is 1. The van der Waals surface area contributed by atoms with E-state index in [1.54, 1.807) is 25.1 Å². The van der Waals surface area contributed by atoms with Crippen LogP contribution in [0.15, 0.2) is 66.7 Å². The minimum Gasteiger partial charge on any atom is -0.496 e. The topological polar surface area (TPSA) is 91.8 Å². The Morgan fingerprint density at radius 3 is 1.98 bits per heavy atom. The van der Waals surface area contributed by atoms with Crippen LogP contribution in [0.25, 0.3) is 22.3 Å². The molecule has 0 bridgehead atoms. The Kier molecular flexibility index (Phi) is 8.77. The second kappa shape index (κ2) is 12.4. The number of aromatic carboxylic acids is 1. The lowest BCUT2D eigenvalue weighted by atomic mass is 9.73. The molecule has 2 fully saturated rings. The zero-order valence-corrected chi connectivity index (χ0v) is 28.3. The number of methoxy groups -OCH3 is 1. The smallest absolute Gasteiger partial charge is 0.416 e. The molecule has 3 heterocycles. The molecule has 3 aromatic carbocycles. The van der Waals surface area contributed by atoms with Gasteiger partial charge in [0.2, 0.25) is 0 Å². The zero-order chi connectivity index (χ0) is 39.1. The van der Waals surface area contributed by atoms with Gasteiger partial charge in [-0.2, -0.15) is 39.5 Å². The maximum Gasteiger partial charge on any atom is 0.416 e. The molecule has 2 amide bonds. The van der Waals surface area contributed by atoms with Gasteiger partial charge in [0.15, 0.2) is 0 Å². The number of carboxylic acids is 1. The fraction of sp³-hybridized carbons (Fsp3) is 0.324. The molecule has 2 aliphatic heterocycles. The number of halogens is 9. The number of carbonyl (C=O) groups is 2. The number of nitrogens with zero attached hydrogens (tertiary/aromatic N) is 2. The lowest BCUT2D eigenvalue weighted by Crippen LogP contribution is -2.52. The summed E-state index contributed by atoms with van der Waals surface area (Å²) >= 11 is 0. The minimum atomic E-state index is -5.17. The molecule has 280 valence electrons. The quantitative estimate of drug-likeness (QED) is 0.192. The highest BCUT2D eigenvalue weighted by molar-refractivity contribution is 5.87. The van der Waals surface area contributed by atoms with Gasteiger partial charge in [-0.1, -0.05) is 18.2 Å². The summed E-state index contributed by atoms with van der Waals surface area (Å²) < 4.78 is 132. The summed E-state index contributed by atoms with van der Waals surface area (Å²) in [5.41, 5.74) is -6.41. The molecule has 0 spiro atoms. The first-order valence-electron chi connectivity index (χ1n) is 16.0. The molecular weight excluding hydrogens is 721 g/mol. The molecule has 6 rings (SSSR count). The Labute approximate surface area is 296 Å². The average Bonchev–Trinajstić information content (AvgIpc) is 3.53. The van der Waals surface area contributed by atoms with Crippen molar-refractivity contribution in [2.45, 2.75) is 69.3 Å². The molecule has 4 aromatic rings. The second-order valence-electron chi connectivity index (χ2n) is 13.4. The van der Waals surface area contributed by atoms with Crippen LogP contribution in [-0.4, -0.2) is 39.6 Å². The summed E-state index contributed by atoms with van der Waals surface area (Å²) in [6, 6.07) is 9.62. The number of alkyl halides is 9. The minimum absolute atomic E-state index is 0.000590. The first kappa shape index (κ1) is 37.5. The van der Waals surface area contributed by atoms with E-state index in [1.807, 2.05) is 0 Å². The summed E-state index contributed by atoms with van der Waals surface area (Å²) in [7, 11) is 1.34. The van der Waals surface area contributed by atoms with Gasteiger partial charge in [0, 0.05) is 16.8 Å². The second-order valence-corrected chi connectivity index (χ2v) is 13.4. The molecule has 7 nitrogen and oxygen atoms in total. The van der Waals surface area contributed by atoms with Gasteiger partial charge in [-0.3, -0.25) is 0 Å². The Morgan fingerprint density at radius 2 is 1.43 bits per heavy atom. The summed E-state index contributed by atoms with van der Waals surface area (Å²) in [6.45, 7) is 4.36. The van der Waals surface area contributed by atoms with Crippen molar-refractivity contribution >= 4 is 12.0 Å². The van der Waals surface area contributed by atoms with Crippen LogP contribution in [0.4, 0.5) is 44.3 Å². The number of amides is 2. The van der Waals surface area contributed by atoms with Crippen LogP contribution in [0, 0.1) is 6.92 Å². The third-order valence-corrected chi connectivity index (χ3v) is 10.4. The number of hydrogen-bond acceptors (Lipinski definition) is 4. The number of carbonyl (C=O) groups excluding carboxylic acids is 1. The van der Waals surface area contributed by atoms with E-state index in [9.17, 15) is 54.2 Å². The highest BCUT2D eigenvalue weighted by Crippen LogP contribution is 2.57. The van der Waals surface area contributed by atoms with Gasteiger partial charge in [-0.25, -0.2) is 14.6 Å². The van der Waals surface area contributed by atoms with E-state index in [0.29, 0.717) is 34.5 Å². The molecule has 0 radical (unpaired) electrons. The number of pyridine rings is 1. The van der Waals surface area contributed by atoms with Gasteiger partial charge in [0.1, 0.15) is 11.4 Å². The van der Waals surface area contributed by atoms with Crippen molar-refractivity contribution in [3.63, 3.8) is 0 Å². The van der Waals surface area contributed by atoms with Gasteiger partial charge in [-0.15, -0.1) is 0 Å². The van der Waals surface area contributed by atoms with E-state index in [-0.39, 0.29) is 41.5 Å². The largest absolute Gasteiger partial charge is 0.496 e. The Bertz CT molecular complexity index is 2120. The Hall–Kier alpha value is -5.28. The highest BCUT2D eigenvalue weighted by Gasteiger charge is 2.63. The predicted octanol–water partition coefficient (Wildman–Crippen LogP) is 10.0. The normalized spacial score (nSPS) is 21.8. The summed E-state index contributed by atoms with van der Waals surface area (Å²) in [4.78, 5) is 30.6. The van der Waals surface area contributed by atoms with Gasteiger partial charge in [-0.05, 0) is 104 Å². The van der Waals surface area contributed by atoms with Crippen molar-refractivity contribution in [1.29, 1.82) is 0 Å². The number of hydrogen-bond donors (Lipinski definition) is 2. The number of rotatable bonds is 6. The maximum atomic E-state index is 14.2. The standard InChI is InChI=1S/C37H30F9N3O4/c1-18-24(8-9-28(47-18)31(50)51)19-5-10-30(53-4)27(13-19)25-7-6-20(35(38,39)40)17-26(25)29-11-12-33(2)34(3,48-32(52)49(29)33)21-14-22(36(41,42)43)16-23(15-21)37(44,45)46/h5-10,13-17,29H,11-12H2,1-4H3,(H,48,52)(H,50,51)/t29-,33-,34+/m0/s1. The van der Waals surface area contributed by atoms with Crippen LogP contribution in [0.5, 0.6) is 5.75 Å². The molecule has 1 aromatic heterocycles. The van der Waals surface area contributed by atoms with Gasteiger partial charge in [0.05, 0.1) is 40.9 Å². The maximum absolute atomic E-state index is 14.2. The molecule has 0 aliphatic carbocycles. The van der Waals surface area contributed by atoms with Crippen LogP contribution in [0.2, 0.25) is 0 Å². The van der Waals surface area contributed by atoms with Crippen LogP contribution in [0.3, 0.4) is 0 Å². The average molecular weight is 752 g/mol. The number of carboxylic acid groups (broad SMARTS) is 1.